The van der Waals surface area contributed by atoms with Crippen LogP contribution in [-0.2, 0) is 17.4 Å². The van der Waals surface area contributed by atoms with Crippen molar-refractivity contribution in [1.82, 2.24) is 5.32 Å². The fourth-order valence-corrected chi connectivity index (χ4v) is 1.17. The van der Waals surface area contributed by atoms with E-state index in [-0.39, 0.29) is 12.0 Å². The highest BCUT2D eigenvalue weighted by atomic mass is 19.4. The summed E-state index contributed by atoms with van der Waals surface area (Å²) in [5, 5.41) is 2.27. The summed E-state index contributed by atoms with van der Waals surface area (Å²) in [7, 11) is 1.37. The van der Waals surface area contributed by atoms with Gasteiger partial charge in [-0.25, -0.2) is 4.39 Å². The van der Waals surface area contributed by atoms with Crippen molar-refractivity contribution in [2.24, 2.45) is 0 Å². The lowest BCUT2D eigenvalue weighted by atomic mass is 10.1. The third-order valence-corrected chi connectivity index (χ3v) is 1.98. The van der Waals surface area contributed by atoms with E-state index < -0.39 is 23.5 Å². The average Bonchev–Trinajstić information content (AvgIpc) is 2.19. The highest BCUT2D eigenvalue weighted by molar-refractivity contribution is 5.78. The summed E-state index contributed by atoms with van der Waals surface area (Å²) < 4.78 is 49.8. The predicted molar refractivity (Wildman–Crippen MR) is 49.2 cm³/mol. The van der Waals surface area contributed by atoms with Gasteiger partial charge in [0.15, 0.2) is 0 Å². The smallest absolute Gasteiger partial charge is 0.359 e. The third-order valence-electron chi connectivity index (χ3n) is 1.98. The molecule has 1 rings (SSSR count). The second kappa shape index (κ2) is 4.51. The van der Waals surface area contributed by atoms with E-state index in [9.17, 15) is 22.4 Å². The zero-order valence-corrected chi connectivity index (χ0v) is 8.36. The molecular formula is C10H9F4NO. The highest BCUT2D eigenvalue weighted by Gasteiger charge is 2.34. The minimum Gasteiger partial charge on any atom is -0.359 e. The van der Waals surface area contributed by atoms with E-state index in [1.165, 1.54) is 7.05 Å². The minimum atomic E-state index is -4.75. The molecule has 0 aliphatic carbocycles. The molecule has 0 radical (unpaired) electrons. The van der Waals surface area contributed by atoms with E-state index in [4.69, 9.17) is 0 Å². The highest BCUT2D eigenvalue weighted by Crippen LogP contribution is 2.31. The molecule has 16 heavy (non-hydrogen) atoms. The number of amides is 1. The van der Waals surface area contributed by atoms with Crippen molar-refractivity contribution in [2.75, 3.05) is 7.05 Å². The molecule has 2 nitrogen and oxygen atoms in total. The SMILES string of the molecule is CNC(=O)Cc1ccc(F)c(C(F)(F)F)c1. The molecule has 0 aliphatic heterocycles. The molecule has 0 bridgehead atoms. The standard InChI is InChI=1S/C10H9F4NO/c1-15-9(16)5-6-2-3-8(11)7(4-6)10(12,13)14/h2-4H,5H2,1H3,(H,15,16). The summed E-state index contributed by atoms with van der Waals surface area (Å²) >= 11 is 0. The number of benzene rings is 1. The van der Waals surface area contributed by atoms with Crippen molar-refractivity contribution in [3.05, 3.63) is 35.1 Å². The maximum absolute atomic E-state index is 12.9. The lowest BCUT2D eigenvalue weighted by Crippen LogP contribution is -2.20. The van der Waals surface area contributed by atoms with Gasteiger partial charge in [0.1, 0.15) is 5.82 Å². The van der Waals surface area contributed by atoms with E-state index in [1.807, 2.05) is 0 Å². The lowest BCUT2D eigenvalue weighted by Gasteiger charge is -2.09. The van der Waals surface area contributed by atoms with E-state index in [1.54, 1.807) is 0 Å². The van der Waals surface area contributed by atoms with Crippen molar-refractivity contribution >= 4 is 5.91 Å². The van der Waals surface area contributed by atoms with Gasteiger partial charge in [-0.3, -0.25) is 4.79 Å². The van der Waals surface area contributed by atoms with Crippen molar-refractivity contribution < 1.29 is 22.4 Å². The Morgan fingerprint density at radius 2 is 2.00 bits per heavy atom. The van der Waals surface area contributed by atoms with Crippen molar-refractivity contribution in [2.45, 2.75) is 12.6 Å². The Labute approximate surface area is 89.3 Å². The second-order valence-corrected chi connectivity index (χ2v) is 3.16. The summed E-state index contributed by atoms with van der Waals surface area (Å²) in [6.07, 6.45) is -4.96. The Morgan fingerprint density at radius 1 is 1.38 bits per heavy atom. The molecule has 0 aliphatic rings. The molecule has 1 aromatic rings. The Kier molecular flexibility index (Phi) is 3.51. The van der Waals surface area contributed by atoms with E-state index >= 15 is 0 Å². The van der Waals surface area contributed by atoms with Crippen LogP contribution in [0.15, 0.2) is 18.2 Å². The Balaban J connectivity index is 3.03. The van der Waals surface area contributed by atoms with Gasteiger partial charge >= 0.3 is 6.18 Å². The first-order valence-corrected chi connectivity index (χ1v) is 4.41. The number of carbonyl (C=O) groups excluding carboxylic acids is 1. The van der Waals surface area contributed by atoms with Crippen LogP contribution in [0.3, 0.4) is 0 Å². The van der Waals surface area contributed by atoms with Gasteiger partial charge in [0.2, 0.25) is 5.91 Å². The molecule has 1 N–H and O–H groups in total. The zero-order chi connectivity index (χ0) is 12.3. The summed E-state index contributed by atoms with van der Waals surface area (Å²) in [5.74, 6) is -1.77. The van der Waals surface area contributed by atoms with Gasteiger partial charge in [0, 0.05) is 7.05 Å². The van der Waals surface area contributed by atoms with Gasteiger partial charge in [0.05, 0.1) is 12.0 Å². The van der Waals surface area contributed by atoms with E-state index in [2.05, 4.69) is 5.32 Å². The molecule has 0 saturated heterocycles. The number of hydrogen-bond donors (Lipinski definition) is 1. The first-order valence-electron chi connectivity index (χ1n) is 4.41. The number of nitrogens with one attached hydrogen (secondary N) is 1. The van der Waals surface area contributed by atoms with Crippen molar-refractivity contribution in [1.29, 1.82) is 0 Å². The van der Waals surface area contributed by atoms with Crippen LogP contribution in [0.5, 0.6) is 0 Å². The predicted octanol–water partition coefficient (Wildman–Crippen LogP) is 2.13. The van der Waals surface area contributed by atoms with Crippen LogP contribution < -0.4 is 5.32 Å². The number of alkyl halides is 3. The number of rotatable bonds is 2. The van der Waals surface area contributed by atoms with Crippen molar-refractivity contribution in [3.8, 4) is 0 Å². The molecule has 1 amide bonds. The number of hydrogen-bond acceptors (Lipinski definition) is 1. The maximum Gasteiger partial charge on any atom is 0.419 e. The van der Waals surface area contributed by atoms with Gasteiger partial charge in [-0.2, -0.15) is 13.2 Å². The molecule has 0 unspecified atom stereocenters. The van der Waals surface area contributed by atoms with Gasteiger partial charge in [-0.15, -0.1) is 0 Å². The normalized spacial score (nSPS) is 11.3. The number of likely N-dealkylation sites (N-methyl/N-ethyl adjacent to an activating group) is 1. The second-order valence-electron chi connectivity index (χ2n) is 3.16. The van der Waals surface area contributed by atoms with Crippen LogP contribution in [0.4, 0.5) is 17.6 Å². The fraction of sp³-hybridized carbons (Fsp3) is 0.300. The fourth-order valence-electron chi connectivity index (χ4n) is 1.17. The molecule has 0 aromatic heterocycles. The molecule has 0 saturated carbocycles. The number of carbonyl (C=O) groups is 1. The van der Waals surface area contributed by atoms with Crippen LogP contribution in [-0.4, -0.2) is 13.0 Å². The summed E-state index contributed by atoms with van der Waals surface area (Å²) in [5.41, 5.74) is -1.23. The molecule has 88 valence electrons. The average molecular weight is 235 g/mol. The Hall–Kier alpha value is -1.59. The molecule has 0 spiro atoms. The number of halogens is 4. The van der Waals surface area contributed by atoms with Crippen LogP contribution in [0.25, 0.3) is 0 Å². The molecule has 0 atom stereocenters. The molecule has 6 heteroatoms. The van der Waals surface area contributed by atoms with Crippen LogP contribution >= 0.6 is 0 Å². The van der Waals surface area contributed by atoms with Crippen LogP contribution in [0.1, 0.15) is 11.1 Å². The Bertz CT molecular complexity index is 400. The largest absolute Gasteiger partial charge is 0.419 e. The quantitative estimate of drug-likeness (QED) is 0.782. The zero-order valence-electron chi connectivity index (χ0n) is 8.36. The molecule has 0 heterocycles. The molecular weight excluding hydrogens is 226 g/mol. The maximum atomic E-state index is 12.9. The molecule has 1 aromatic carbocycles. The topological polar surface area (TPSA) is 29.1 Å². The van der Waals surface area contributed by atoms with Gasteiger partial charge < -0.3 is 5.32 Å². The van der Waals surface area contributed by atoms with Gasteiger partial charge in [0.25, 0.3) is 0 Å². The molecule has 0 fully saturated rings. The Morgan fingerprint density at radius 3 is 2.50 bits per heavy atom. The first-order chi connectivity index (χ1) is 7.34. The summed E-state index contributed by atoms with van der Waals surface area (Å²) in [6, 6.07) is 2.51. The van der Waals surface area contributed by atoms with Gasteiger partial charge in [-0.05, 0) is 17.7 Å². The minimum absolute atomic E-state index is 0.119. The third kappa shape index (κ3) is 2.95. The monoisotopic (exact) mass is 235 g/mol. The van der Waals surface area contributed by atoms with Crippen molar-refractivity contribution in [3.63, 3.8) is 0 Å². The lowest BCUT2D eigenvalue weighted by molar-refractivity contribution is -0.140. The van der Waals surface area contributed by atoms with E-state index in [0.717, 1.165) is 6.07 Å². The van der Waals surface area contributed by atoms with Crippen LogP contribution in [0, 0.1) is 5.82 Å². The summed E-state index contributed by atoms with van der Waals surface area (Å²) in [6.45, 7) is 0. The van der Waals surface area contributed by atoms with Gasteiger partial charge in [-0.1, -0.05) is 6.07 Å². The van der Waals surface area contributed by atoms with E-state index in [0.29, 0.717) is 12.1 Å². The first kappa shape index (κ1) is 12.5. The summed E-state index contributed by atoms with van der Waals surface area (Å²) in [4.78, 5) is 10.9. The van der Waals surface area contributed by atoms with Crippen LogP contribution in [0.2, 0.25) is 0 Å².